The van der Waals surface area contributed by atoms with Gasteiger partial charge in [-0.2, -0.15) is 0 Å². The second-order valence-electron chi connectivity index (χ2n) is 4.97. The summed E-state index contributed by atoms with van der Waals surface area (Å²) in [4.78, 5) is 33.6. The van der Waals surface area contributed by atoms with Gasteiger partial charge in [0.15, 0.2) is 0 Å². The number of hydrogen-bond acceptors (Lipinski definition) is 4. The van der Waals surface area contributed by atoms with Crippen molar-refractivity contribution in [2.24, 2.45) is 0 Å². The minimum Gasteiger partial charge on any atom is -0.480 e. The summed E-state index contributed by atoms with van der Waals surface area (Å²) in [6, 6.07) is 4.17. The number of rotatable bonds is 4. The fourth-order valence-electron chi connectivity index (χ4n) is 2.20. The van der Waals surface area contributed by atoms with Gasteiger partial charge >= 0.3 is 5.97 Å². The first-order valence-corrected chi connectivity index (χ1v) is 6.17. The molecular formula is C13H14N2O5. The van der Waals surface area contributed by atoms with Crippen molar-refractivity contribution in [3.05, 3.63) is 39.4 Å². The van der Waals surface area contributed by atoms with Crippen LogP contribution in [-0.4, -0.2) is 27.4 Å². The lowest BCUT2D eigenvalue weighted by Crippen LogP contribution is -2.59. The van der Waals surface area contributed by atoms with Crippen LogP contribution in [0.3, 0.4) is 0 Å². The third-order valence-corrected chi connectivity index (χ3v) is 3.56. The molecule has 0 aliphatic heterocycles. The van der Waals surface area contributed by atoms with Crippen LogP contribution in [0.1, 0.15) is 35.2 Å². The largest absolute Gasteiger partial charge is 0.480 e. The van der Waals surface area contributed by atoms with Crippen LogP contribution in [0.5, 0.6) is 0 Å². The number of carbonyl (C=O) groups is 2. The number of nitro groups is 1. The summed E-state index contributed by atoms with van der Waals surface area (Å²) in [5, 5.41) is 22.5. The number of benzene rings is 1. The lowest BCUT2D eigenvalue weighted by atomic mass is 9.76. The molecule has 0 atom stereocenters. The van der Waals surface area contributed by atoms with E-state index in [-0.39, 0.29) is 11.3 Å². The zero-order valence-electron chi connectivity index (χ0n) is 10.9. The summed E-state index contributed by atoms with van der Waals surface area (Å²) in [5.74, 6) is -1.82. The average molecular weight is 278 g/mol. The van der Waals surface area contributed by atoms with Gasteiger partial charge in [-0.25, -0.2) is 4.79 Å². The van der Waals surface area contributed by atoms with Crippen LogP contribution in [0.4, 0.5) is 5.69 Å². The van der Waals surface area contributed by atoms with Crippen molar-refractivity contribution < 1.29 is 19.6 Å². The highest BCUT2D eigenvalue weighted by atomic mass is 16.6. The molecule has 106 valence electrons. The van der Waals surface area contributed by atoms with Gasteiger partial charge in [0.05, 0.1) is 4.92 Å². The average Bonchev–Trinajstić information content (AvgIpc) is 2.32. The first kappa shape index (κ1) is 14.0. The molecule has 2 N–H and O–H groups in total. The normalized spacial score (nSPS) is 16.1. The number of carbonyl (C=O) groups excluding carboxylic acids is 1. The fourth-order valence-corrected chi connectivity index (χ4v) is 2.20. The van der Waals surface area contributed by atoms with Crippen LogP contribution in [0.15, 0.2) is 18.2 Å². The molecule has 7 nitrogen and oxygen atoms in total. The number of aryl methyl sites for hydroxylation is 1. The SMILES string of the molecule is Cc1ccc([N+](=O)[O-])c(C(=O)NC2(C(=O)O)CCC2)c1. The molecule has 1 saturated carbocycles. The van der Waals surface area contributed by atoms with Crippen molar-refractivity contribution in [2.75, 3.05) is 0 Å². The molecule has 7 heteroatoms. The number of aliphatic carboxylic acids is 1. The van der Waals surface area contributed by atoms with E-state index in [9.17, 15) is 19.7 Å². The van der Waals surface area contributed by atoms with Gasteiger partial charge in [-0.15, -0.1) is 0 Å². The minimum atomic E-state index is -1.28. The summed E-state index contributed by atoms with van der Waals surface area (Å²) < 4.78 is 0. The summed E-state index contributed by atoms with van der Waals surface area (Å²) in [7, 11) is 0. The number of carboxylic acids is 1. The molecule has 1 amide bonds. The Balaban J connectivity index is 2.32. The van der Waals surface area contributed by atoms with E-state index in [1.54, 1.807) is 6.92 Å². The van der Waals surface area contributed by atoms with Crippen LogP contribution in [-0.2, 0) is 4.79 Å². The molecule has 0 spiro atoms. The first-order valence-electron chi connectivity index (χ1n) is 6.17. The van der Waals surface area contributed by atoms with E-state index in [1.807, 2.05) is 0 Å². The van der Waals surface area contributed by atoms with Gasteiger partial charge in [0.1, 0.15) is 11.1 Å². The molecule has 0 saturated heterocycles. The lowest BCUT2D eigenvalue weighted by molar-refractivity contribution is -0.385. The Hall–Kier alpha value is -2.44. The molecule has 2 rings (SSSR count). The number of hydrogen-bond donors (Lipinski definition) is 2. The summed E-state index contributed by atoms with van der Waals surface area (Å²) >= 11 is 0. The molecule has 0 unspecified atom stereocenters. The fraction of sp³-hybridized carbons (Fsp3) is 0.385. The van der Waals surface area contributed by atoms with Gasteiger partial charge in [-0.05, 0) is 37.8 Å². The number of nitro benzene ring substituents is 1. The van der Waals surface area contributed by atoms with Gasteiger partial charge in [0.25, 0.3) is 11.6 Å². The third kappa shape index (κ3) is 2.34. The van der Waals surface area contributed by atoms with Crippen molar-refractivity contribution in [1.29, 1.82) is 0 Å². The van der Waals surface area contributed by atoms with Crippen LogP contribution < -0.4 is 5.32 Å². The van der Waals surface area contributed by atoms with E-state index >= 15 is 0 Å². The van der Waals surface area contributed by atoms with Gasteiger partial charge in [-0.1, -0.05) is 6.07 Å². The Bertz CT molecular complexity index is 592. The van der Waals surface area contributed by atoms with Crippen LogP contribution in [0.2, 0.25) is 0 Å². The van der Waals surface area contributed by atoms with E-state index in [0.717, 1.165) is 0 Å². The predicted octanol–water partition coefficient (Wildman–Crippen LogP) is 1.64. The highest BCUT2D eigenvalue weighted by Crippen LogP contribution is 2.33. The molecule has 0 radical (unpaired) electrons. The van der Waals surface area contributed by atoms with Gasteiger partial charge in [-0.3, -0.25) is 14.9 Å². The quantitative estimate of drug-likeness (QED) is 0.642. The first-order chi connectivity index (χ1) is 9.35. The zero-order valence-corrected chi connectivity index (χ0v) is 10.9. The second-order valence-corrected chi connectivity index (χ2v) is 4.97. The van der Waals surface area contributed by atoms with E-state index in [4.69, 9.17) is 5.11 Å². The number of carboxylic acid groups (broad SMARTS) is 1. The third-order valence-electron chi connectivity index (χ3n) is 3.56. The molecule has 1 aliphatic rings. The van der Waals surface area contributed by atoms with E-state index in [2.05, 4.69) is 5.32 Å². The van der Waals surface area contributed by atoms with Crippen LogP contribution in [0.25, 0.3) is 0 Å². The molecule has 1 aromatic rings. The highest BCUT2D eigenvalue weighted by molar-refractivity contribution is 6.01. The van der Waals surface area contributed by atoms with Crippen molar-refractivity contribution in [2.45, 2.75) is 31.7 Å². The molecule has 0 bridgehead atoms. The van der Waals surface area contributed by atoms with Crippen molar-refractivity contribution in [3.8, 4) is 0 Å². The lowest BCUT2D eigenvalue weighted by Gasteiger charge is -2.38. The maximum absolute atomic E-state index is 12.2. The zero-order chi connectivity index (χ0) is 14.9. The Morgan fingerprint density at radius 3 is 2.50 bits per heavy atom. The number of nitrogens with zero attached hydrogens (tertiary/aromatic N) is 1. The standard InChI is InChI=1S/C13H14N2O5/c1-8-3-4-10(15(19)20)9(7-8)11(16)14-13(12(17)18)5-2-6-13/h3-4,7H,2,5-6H2,1H3,(H,14,16)(H,17,18). The summed E-state index contributed by atoms with van der Waals surface area (Å²) in [6.07, 6.45) is 1.39. The number of amides is 1. The van der Waals surface area contributed by atoms with E-state index in [0.29, 0.717) is 24.8 Å². The topological polar surface area (TPSA) is 110 Å². The second kappa shape index (κ2) is 4.92. The molecule has 0 aromatic heterocycles. The summed E-state index contributed by atoms with van der Waals surface area (Å²) in [5.41, 5.74) is -1.02. The monoisotopic (exact) mass is 278 g/mol. The Morgan fingerprint density at radius 2 is 2.05 bits per heavy atom. The van der Waals surface area contributed by atoms with Gasteiger partial charge in [0, 0.05) is 6.07 Å². The minimum absolute atomic E-state index is 0.109. The molecular weight excluding hydrogens is 264 g/mol. The van der Waals surface area contributed by atoms with E-state index in [1.165, 1.54) is 18.2 Å². The Labute approximate surface area is 114 Å². The maximum Gasteiger partial charge on any atom is 0.329 e. The molecule has 1 fully saturated rings. The summed E-state index contributed by atoms with van der Waals surface area (Å²) in [6.45, 7) is 1.71. The van der Waals surface area contributed by atoms with Gasteiger partial charge in [0.2, 0.25) is 0 Å². The molecule has 0 heterocycles. The van der Waals surface area contributed by atoms with Gasteiger partial charge < -0.3 is 10.4 Å². The highest BCUT2D eigenvalue weighted by Gasteiger charge is 2.46. The maximum atomic E-state index is 12.2. The van der Waals surface area contributed by atoms with Crippen molar-refractivity contribution >= 4 is 17.6 Å². The van der Waals surface area contributed by atoms with Crippen LogP contribution in [0, 0.1) is 17.0 Å². The van der Waals surface area contributed by atoms with Crippen molar-refractivity contribution in [3.63, 3.8) is 0 Å². The van der Waals surface area contributed by atoms with E-state index < -0.39 is 22.3 Å². The molecule has 20 heavy (non-hydrogen) atoms. The molecule has 1 aromatic carbocycles. The number of nitrogens with one attached hydrogen (secondary N) is 1. The van der Waals surface area contributed by atoms with Crippen molar-refractivity contribution in [1.82, 2.24) is 5.32 Å². The predicted molar refractivity (Wildman–Crippen MR) is 69.5 cm³/mol. The smallest absolute Gasteiger partial charge is 0.329 e. The molecule has 1 aliphatic carbocycles. The Kier molecular flexibility index (Phi) is 3.44. The van der Waals surface area contributed by atoms with Crippen LogP contribution >= 0.6 is 0 Å². The Morgan fingerprint density at radius 1 is 1.40 bits per heavy atom.